The normalized spacial score (nSPS) is 25.4. The van der Waals surface area contributed by atoms with Crippen LogP contribution in [0.3, 0.4) is 0 Å². The summed E-state index contributed by atoms with van der Waals surface area (Å²) >= 11 is -1.21. The van der Waals surface area contributed by atoms with Crippen molar-refractivity contribution in [3.63, 3.8) is 0 Å². The second kappa shape index (κ2) is 8.89. The molecule has 2 rings (SSSR count). The Morgan fingerprint density at radius 1 is 1.36 bits per heavy atom. The van der Waals surface area contributed by atoms with E-state index in [1.165, 1.54) is 0 Å². The molecule has 1 aliphatic rings. The van der Waals surface area contributed by atoms with Crippen molar-refractivity contribution in [3.8, 4) is 0 Å². The molecule has 7 nitrogen and oxygen atoms in total. The van der Waals surface area contributed by atoms with Gasteiger partial charge in [-0.25, -0.2) is 0 Å². The smallest absolute Gasteiger partial charge is 0.163 e. The van der Waals surface area contributed by atoms with Gasteiger partial charge < -0.3 is 14.4 Å². The molecular formula is C17H26N4O3S. The van der Waals surface area contributed by atoms with Crippen LogP contribution in [0.15, 0.2) is 35.4 Å². The average Bonchev–Trinajstić information content (AvgIpc) is 2.56. The molecule has 0 unspecified atom stereocenters. The van der Waals surface area contributed by atoms with Crippen molar-refractivity contribution in [1.82, 2.24) is 4.31 Å². The van der Waals surface area contributed by atoms with Crippen molar-refractivity contribution >= 4 is 11.4 Å². The molecule has 1 fully saturated rings. The third-order valence-electron chi connectivity index (χ3n) is 4.01. The van der Waals surface area contributed by atoms with Crippen LogP contribution in [0, 0.1) is 0 Å². The van der Waals surface area contributed by atoms with Gasteiger partial charge in [0, 0.05) is 16.3 Å². The van der Waals surface area contributed by atoms with Gasteiger partial charge >= 0.3 is 0 Å². The van der Waals surface area contributed by atoms with Crippen molar-refractivity contribution in [1.29, 1.82) is 0 Å². The van der Waals surface area contributed by atoms with E-state index >= 15 is 0 Å². The van der Waals surface area contributed by atoms with Gasteiger partial charge in [-0.1, -0.05) is 35.4 Å². The number of nitrogens with zero attached hydrogens (tertiary/aromatic N) is 4. The molecule has 1 aliphatic heterocycles. The molecule has 8 heteroatoms. The monoisotopic (exact) mass is 366 g/mol. The lowest BCUT2D eigenvalue weighted by Gasteiger charge is -2.37. The molecule has 1 saturated heterocycles. The first-order valence-corrected chi connectivity index (χ1v) is 9.50. The maximum atomic E-state index is 12.9. The summed E-state index contributed by atoms with van der Waals surface area (Å²) in [5.74, 6) is 0. The van der Waals surface area contributed by atoms with Gasteiger partial charge in [-0.05, 0) is 44.7 Å². The second-order valence-electron chi connectivity index (χ2n) is 7.17. The van der Waals surface area contributed by atoms with Crippen LogP contribution in [0.5, 0.6) is 0 Å². The Labute approximate surface area is 151 Å². The third-order valence-corrected chi connectivity index (χ3v) is 5.81. The highest BCUT2D eigenvalue weighted by Gasteiger charge is 2.37. The molecule has 0 amide bonds. The highest BCUT2D eigenvalue weighted by molar-refractivity contribution is 7.90. The summed E-state index contributed by atoms with van der Waals surface area (Å²) < 4.78 is 20.0. The standard InChI is InChI=1S/C17H26N4O3S/c1-17(2,3)25(23)21(11-13-7-5-4-6-8-13)12-14-9-10-15(19-20-18)16(22)24-14/h4-8,14-16,22H,9-12H2,1-3H3/t14-,15+,16+,25+/m0/s1. The first kappa shape index (κ1) is 20.0. The van der Waals surface area contributed by atoms with Crippen LogP contribution in [0.1, 0.15) is 39.2 Å². The van der Waals surface area contributed by atoms with Gasteiger partial charge in [0.1, 0.15) is 4.75 Å². The van der Waals surface area contributed by atoms with Crippen molar-refractivity contribution in [2.75, 3.05) is 6.54 Å². The van der Waals surface area contributed by atoms with Gasteiger partial charge in [0.2, 0.25) is 0 Å². The Morgan fingerprint density at radius 3 is 2.60 bits per heavy atom. The minimum Gasteiger partial charge on any atom is -0.597 e. The largest absolute Gasteiger partial charge is 0.597 e. The molecule has 0 radical (unpaired) electrons. The molecule has 0 aliphatic carbocycles. The van der Waals surface area contributed by atoms with E-state index in [1.807, 2.05) is 55.4 Å². The van der Waals surface area contributed by atoms with Gasteiger partial charge in [0.05, 0.1) is 25.2 Å². The number of azide groups is 1. The van der Waals surface area contributed by atoms with Crippen molar-refractivity contribution in [2.24, 2.45) is 5.11 Å². The van der Waals surface area contributed by atoms with E-state index in [2.05, 4.69) is 10.0 Å². The van der Waals surface area contributed by atoms with E-state index in [-0.39, 0.29) is 6.10 Å². The summed E-state index contributed by atoms with van der Waals surface area (Å²) in [6.07, 6.45) is -0.170. The molecule has 1 aromatic rings. The van der Waals surface area contributed by atoms with Crippen LogP contribution < -0.4 is 0 Å². The molecule has 1 N–H and O–H groups in total. The van der Waals surface area contributed by atoms with Crippen molar-refractivity contribution in [3.05, 3.63) is 46.3 Å². The molecule has 0 saturated carbocycles. The van der Waals surface area contributed by atoms with Crippen molar-refractivity contribution < 1.29 is 14.4 Å². The molecule has 1 heterocycles. The van der Waals surface area contributed by atoms with Crippen LogP contribution in [0.4, 0.5) is 0 Å². The minimum atomic E-state index is -1.21. The Kier molecular flexibility index (Phi) is 7.13. The average molecular weight is 366 g/mol. The Hall–Kier alpha value is -1.28. The first-order chi connectivity index (χ1) is 11.8. The highest BCUT2D eigenvalue weighted by atomic mass is 32.2. The topological polar surface area (TPSA) is 105 Å². The highest BCUT2D eigenvalue weighted by Crippen LogP contribution is 2.27. The number of ether oxygens (including phenoxy) is 1. The van der Waals surface area contributed by atoms with E-state index in [9.17, 15) is 9.66 Å². The number of aliphatic hydroxyl groups excluding tert-OH is 1. The fourth-order valence-corrected chi connectivity index (χ4v) is 4.11. The summed E-state index contributed by atoms with van der Waals surface area (Å²) in [6.45, 7) is 6.80. The van der Waals surface area contributed by atoms with E-state index in [1.54, 1.807) is 0 Å². The molecule has 1 aromatic carbocycles. The maximum Gasteiger partial charge on any atom is 0.163 e. The van der Waals surface area contributed by atoms with E-state index in [0.717, 1.165) is 5.56 Å². The zero-order valence-corrected chi connectivity index (χ0v) is 15.7. The SMILES string of the molecule is CC(C)(C)[S@@+]([O-])N(Cc1ccccc1)C[C@@H]1CC[C@@H](N=[N+]=[N-])[C@H](O)O1. The maximum absolute atomic E-state index is 12.9. The molecular weight excluding hydrogens is 340 g/mol. The van der Waals surface area contributed by atoms with Gasteiger partial charge in [-0.3, -0.25) is 0 Å². The third kappa shape index (κ3) is 5.88. The number of benzene rings is 1. The van der Waals surface area contributed by atoms with Crippen LogP contribution in [0.2, 0.25) is 0 Å². The second-order valence-corrected chi connectivity index (χ2v) is 9.41. The lowest BCUT2D eigenvalue weighted by Crippen LogP contribution is -2.48. The lowest BCUT2D eigenvalue weighted by atomic mass is 10.0. The van der Waals surface area contributed by atoms with Crippen LogP contribution in [0.25, 0.3) is 10.4 Å². The van der Waals surface area contributed by atoms with Crippen LogP contribution in [-0.2, 0) is 22.6 Å². The van der Waals surface area contributed by atoms with Crippen molar-refractivity contribution in [2.45, 2.75) is 63.3 Å². The van der Waals surface area contributed by atoms with Crippen LogP contribution >= 0.6 is 0 Å². The Balaban J connectivity index is 2.07. The summed E-state index contributed by atoms with van der Waals surface area (Å²) in [5.41, 5.74) is 9.59. The minimum absolute atomic E-state index is 0.254. The molecule has 0 spiro atoms. The predicted molar refractivity (Wildman–Crippen MR) is 97.8 cm³/mol. The summed E-state index contributed by atoms with van der Waals surface area (Å²) in [4.78, 5) is 2.74. The number of aliphatic hydroxyl groups is 1. The Bertz CT molecular complexity index is 589. The fourth-order valence-electron chi connectivity index (χ4n) is 2.76. The number of hydrogen-bond donors (Lipinski definition) is 1. The first-order valence-electron chi connectivity index (χ1n) is 8.40. The van der Waals surface area contributed by atoms with Gasteiger partial charge in [0.15, 0.2) is 6.29 Å². The summed E-state index contributed by atoms with van der Waals surface area (Å²) in [6, 6.07) is 9.31. The number of rotatable bonds is 6. The molecule has 4 atom stereocenters. The number of hydrogen-bond acceptors (Lipinski definition) is 5. The quantitative estimate of drug-likeness (QED) is 0.361. The lowest BCUT2D eigenvalue weighted by molar-refractivity contribution is -0.174. The summed E-state index contributed by atoms with van der Waals surface area (Å²) in [7, 11) is 0. The van der Waals surface area contributed by atoms with Gasteiger partial charge in [-0.15, -0.1) is 4.31 Å². The van der Waals surface area contributed by atoms with E-state index in [4.69, 9.17) is 10.3 Å². The van der Waals surface area contributed by atoms with Crippen LogP contribution in [-0.4, -0.2) is 43.7 Å². The Morgan fingerprint density at radius 2 is 2.04 bits per heavy atom. The molecule has 0 aromatic heterocycles. The molecule has 138 valence electrons. The van der Waals surface area contributed by atoms with E-state index in [0.29, 0.717) is 25.9 Å². The zero-order chi connectivity index (χ0) is 18.4. The predicted octanol–water partition coefficient (Wildman–Crippen LogP) is 3.13. The molecule has 0 bridgehead atoms. The van der Waals surface area contributed by atoms with Gasteiger partial charge in [-0.2, -0.15) is 0 Å². The zero-order valence-electron chi connectivity index (χ0n) is 14.9. The fraction of sp³-hybridized carbons (Fsp3) is 0.647. The van der Waals surface area contributed by atoms with Gasteiger partial charge in [0.25, 0.3) is 0 Å². The molecule has 25 heavy (non-hydrogen) atoms. The summed E-state index contributed by atoms with van der Waals surface area (Å²) in [5, 5.41) is 13.5. The van der Waals surface area contributed by atoms with E-state index < -0.39 is 28.4 Å².